The number of hydrogen-bond acceptors (Lipinski definition) is 6. The highest BCUT2D eigenvalue weighted by Gasteiger charge is 2.33. The Labute approximate surface area is 221 Å². The molecule has 0 spiro atoms. The van der Waals surface area contributed by atoms with Crippen LogP contribution in [0.3, 0.4) is 0 Å². The first-order valence-corrected chi connectivity index (χ1v) is 12.5. The average Bonchev–Trinajstić information content (AvgIpc) is 3.56. The predicted octanol–water partition coefficient (Wildman–Crippen LogP) is 5.07. The van der Waals surface area contributed by atoms with Crippen molar-refractivity contribution < 1.29 is 18.7 Å². The van der Waals surface area contributed by atoms with E-state index in [0.717, 1.165) is 33.6 Å². The summed E-state index contributed by atoms with van der Waals surface area (Å²) in [6, 6.07) is 11.8. The predicted molar refractivity (Wildman–Crippen MR) is 144 cm³/mol. The van der Waals surface area contributed by atoms with E-state index in [0.29, 0.717) is 30.0 Å². The molecule has 0 saturated carbocycles. The molecule has 5 rings (SSSR count). The molecule has 2 aromatic carbocycles. The number of methoxy groups -OCH3 is 1. The summed E-state index contributed by atoms with van der Waals surface area (Å²) in [5, 5.41) is 7.78. The molecule has 4 aromatic rings. The number of ether oxygens (including phenoxy) is 1. The van der Waals surface area contributed by atoms with E-state index >= 15 is 0 Å². The largest absolute Gasteiger partial charge is 0.495 e. The van der Waals surface area contributed by atoms with E-state index in [2.05, 4.69) is 10.3 Å². The van der Waals surface area contributed by atoms with Crippen molar-refractivity contribution in [1.82, 2.24) is 19.7 Å². The van der Waals surface area contributed by atoms with Crippen molar-refractivity contribution in [3.63, 3.8) is 0 Å². The van der Waals surface area contributed by atoms with Crippen molar-refractivity contribution in [3.05, 3.63) is 77.1 Å². The van der Waals surface area contributed by atoms with Crippen LogP contribution in [-0.2, 0) is 12.8 Å². The van der Waals surface area contributed by atoms with Gasteiger partial charge in [0, 0.05) is 23.7 Å². The molecule has 2 aromatic heterocycles. The van der Waals surface area contributed by atoms with Gasteiger partial charge in [0.15, 0.2) is 17.8 Å². The topological polar surface area (TPSA) is 102 Å². The zero-order valence-corrected chi connectivity index (χ0v) is 22.5. The van der Waals surface area contributed by atoms with E-state index in [4.69, 9.17) is 14.3 Å². The summed E-state index contributed by atoms with van der Waals surface area (Å²) in [6.07, 6.45) is 3.85. The maximum Gasteiger partial charge on any atom is 0.277 e. The van der Waals surface area contributed by atoms with Gasteiger partial charge in [-0.2, -0.15) is 5.10 Å². The molecule has 2 heterocycles. The smallest absolute Gasteiger partial charge is 0.277 e. The van der Waals surface area contributed by atoms with E-state index in [1.807, 2.05) is 68.8 Å². The maximum absolute atomic E-state index is 13.7. The number of aromatic nitrogens is 3. The molecule has 0 radical (unpaired) electrons. The monoisotopic (exact) mass is 513 g/mol. The van der Waals surface area contributed by atoms with Gasteiger partial charge >= 0.3 is 0 Å². The Hall–Kier alpha value is -4.40. The van der Waals surface area contributed by atoms with Crippen LogP contribution in [0, 0.1) is 6.92 Å². The Balaban J connectivity index is 1.70. The van der Waals surface area contributed by atoms with E-state index in [1.165, 1.54) is 12.7 Å². The van der Waals surface area contributed by atoms with Crippen molar-refractivity contribution in [2.75, 3.05) is 19.5 Å². The third-order valence-electron chi connectivity index (χ3n) is 6.98. The standard InChI is InChI=1S/C29H31N5O4/c1-17-8-7-9-19(12-17)34-26-20(25(32-34)28(36)33(5)29(2,3)4)11-10-18-13-24(37-6)22(14-21(18)26)31-27(35)23-15-38-16-30-23/h7-9,12-16H,10-11H2,1-6H3,(H,31,35). The summed E-state index contributed by atoms with van der Waals surface area (Å²) < 4.78 is 12.4. The molecule has 2 amide bonds. The van der Waals surface area contributed by atoms with E-state index < -0.39 is 5.91 Å². The van der Waals surface area contributed by atoms with Gasteiger partial charge in [0.05, 0.1) is 24.2 Å². The van der Waals surface area contributed by atoms with Crippen LogP contribution in [0.2, 0.25) is 0 Å². The van der Waals surface area contributed by atoms with Crippen LogP contribution in [0.25, 0.3) is 16.9 Å². The number of rotatable bonds is 5. The molecule has 9 heteroatoms. The molecular formula is C29H31N5O4. The third kappa shape index (κ3) is 4.44. The molecule has 1 aliphatic carbocycles. The highest BCUT2D eigenvalue weighted by molar-refractivity contribution is 6.04. The summed E-state index contributed by atoms with van der Waals surface area (Å²) in [7, 11) is 3.37. The average molecular weight is 514 g/mol. The van der Waals surface area contributed by atoms with Crippen LogP contribution in [0.4, 0.5) is 5.69 Å². The summed E-state index contributed by atoms with van der Waals surface area (Å²) in [5.41, 5.74) is 6.32. The van der Waals surface area contributed by atoms with Crippen LogP contribution < -0.4 is 10.1 Å². The number of fused-ring (bicyclic) bond motifs is 3. The fraction of sp³-hybridized carbons (Fsp3) is 0.310. The number of amides is 2. The molecule has 0 fully saturated rings. The minimum absolute atomic E-state index is 0.128. The number of benzene rings is 2. The first kappa shape index (κ1) is 25.3. The second kappa shape index (κ2) is 9.48. The highest BCUT2D eigenvalue weighted by Crippen LogP contribution is 2.42. The first-order chi connectivity index (χ1) is 18.1. The minimum Gasteiger partial charge on any atom is -0.495 e. The van der Waals surface area contributed by atoms with E-state index in [1.54, 1.807) is 19.1 Å². The Kier molecular flexibility index (Phi) is 6.30. The van der Waals surface area contributed by atoms with Crippen molar-refractivity contribution in [1.29, 1.82) is 0 Å². The Morgan fingerprint density at radius 3 is 2.61 bits per heavy atom. The van der Waals surface area contributed by atoms with Crippen molar-refractivity contribution in [3.8, 4) is 22.7 Å². The van der Waals surface area contributed by atoms with E-state index in [-0.39, 0.29) is 17.1 Å². The van der Waals surface area contributed by atoms with Gasteiger partial charge in [0.25, 0.3) is 11.8 Å². The fourth-order valence-electron chi connectivity index (χ4n) is 4.63. The molecule has 1 aliphatic rings. The summed E-state index contributed by atoms with van der Waals surface area (Å²) in [4.78, 5) is 32.1. The summed E-state index contributed by atoms with van der Waals surface area (Å²) in [5.74, 6) is -0.00556. The second-order valence-electron chi connectivity index (χ2n) is 10.5. The molecule has 9 nitrogen and oxygen atoms in total. The number of nitrogens with zero attached hydrogens (tertiary/aromatic N) is 4. The molecule has 38 heavy (non-hydrogen) atoms. The second-order valence-corrected chi connectivity index (χ2v) is 10.5. The number of hydrogen-bond donors (Lipinski definition) is 1. The number of nitrogens with one attached hydrogen (secondary N) is 1. The Morgan fingerprint density at radius 1 is 1.16 bits per heavy atom. The summed E-state index contributed by atoms with van der Waals surface area (Å²) >= 11 is 0. The van der Waals surface area contributed by atoms with Crippen LogP contribution in [0.15, 0.2) is 53.5 Å². The number of aryl methyl sites for hydroxylation is 2. The SMILES string of the molecule is COc1cc2c(cc1NC(=O)c1cocn1)-c1c(c(C(=O)N(C)C(C)(C)C)nn1-c1cccc(C)c1)CC2. The maximum atomic E-state index is 13.7. The zero-order chi connectivity index (χ0) is 27.2. The van der Waals surface area contributed by atoms with Crippen LogP contribution in [-0.4, -0.2) is 51.2 Å². The lowest BCUT2D eigenvalue weighted by molar-refractivity contribution is 0.0648. The fourth-order valence-corrected chi connectivity index (χ4v) is 4.63. The molecule has 0 atom stereocenters. The normalized spacial score (nSPS) is 12.5. The van der Waals surface area contributed by atoms with Gasteiger partial charge < -0.3 is 19.4 Å². The zero-order valence-electron chi connectivity index (χ0n) is 22.5. The van der Waals surface area contributed by atoms with Crippen molar-refractivity contribution in [2.45, 2.75) is 46.1 Å². The summed E-state index contributed by atoms with van der Waals surface area (Å²) in [6.45, 7) is 8.02. The Bertz CT molecular complexity index is 1530. The molecule has 0 aliphatic heterocycles. The van der Waals surface area contributed by atoms with Gasteiger partial charge in [0.2, 0.25) is 0 Å². The lowest BCUT2D eigenvalue weighted by atomic mass is 9.87. The molecule has 0 unspecified atom stereocenters. The molecular weight excluding hydrogens is 482 g/mol. The molecule has 0 bridgehead atoms. The minimum atomic E-state index is -0.414. The molecule has 0 saturated heterocycles. The van der Waals surface area contributed by atoms with Gasteiger partial charge in [0.1, 0.15) is 12.0 Å². The third-order valence-corrected chi connectivity index (χ3v) is 6.98. The lowest BCUT2D eigenvalue weighted by Gasteiger charge is -2.31. The molecule has 196 valence electrons. The van der Waals surface area contributed by atoms with Gasteiger partial charge in [-0.25, -0.2) is 9.67 Å². The number of anilines is 1. The lowest BCUT2D eigenvalue weighted by Crippen LogP contribution is -2.43. The van der Waals surface area contributed by atoms with Gasteiger partial charge in [-0.1, -0.05) is 12.1 Å². The first-order valence-electron chi connectivity index (χ1n) is 12.5. The Morgan fingerprint density at radius 2 is 1.95 bits per heavy atom. The van der Waals surface area contributed by atoms with Crippen LogP contribution in [0.1, 0.15) is 58.4 Å². The number of carbonyl (C=O) groups excluding carboxylic acids is 2. The van der Waals surface area contributed by atoms with Gasteiger partial charge in [-0.15, -0.1) is 0 Å². The van der Waals surface area contributed by atoms with Gasteiger partial charge in [-0.05, 0) is 75.9 Å². The quantitative estimate of drug-likeness (QED) is 0.400. The van der Waals surface area contributed by atoms with Crippen molar-refractivity contribution in [2.24, 2.45) is 0 Å². The van der Waals surface area contributed by atoms with Crippen LogP contribution >= 0.6 is 0 Å². The highest BCUT2D eigenvalue weighted by atomic mass is 16.5. The number of carbonyl (C=O) groups is 2. The molecule has 1 N–H and O–H groups in total. The number of oxazole rings is 1. The van der Waals surface area contributed by atoms with Crippen molar-refractivity contribution >= 4 is 17.5 Å². The van der Waals surface area contributed by atoms with Crippen LogP contribution in [0.5, 0.6) is 5.75 Å². The van der Waals surface area contributed by atoms with E-state index in [9.17, 15) is 9.59 Å². The van der Waals surface area contributed by atoms with Gasteiger partial charge in [-0.3, -0.25) is 9.59 Å².